The lowest BCUT2D eigenvalue weighted by atomic mass is 10.0. The number of halogens is 1. The molecule has 2 N–H and O–H groups in total. The summed E-state index contributed by atoms with van der Waals surface area (Å²) in [5, 5.41) is 14.6. The Morgan fingerprint density at radius 3 is 3.00 bits per heavy atom. The quantitative estimate of drug-likeness (QED) is 0.814. The monoisotopic (exact) mass is 248 g/mol. The minimum absolute atomic E-state index is 0.166. The fraction of sp³-hybridized carbons (Fsp3) is 0.308. The van der Waals surface area contributed by atoms with Gasteiger partial charge in [-0.2, -0.15) is 0 Å². The molecule has 88 valence electrons. The number of β-amino-alcohol motifs (C(OH)–C–C–N with tert-alkyl or cyclic N) is 1. The smallest absolute Gasteiger partial charge is 0.0764 e. The van der Waals surface area contributed by atoms with Gasteiger partial charge in [-0.25, -0.2) is 0 Å². The fourth-order valence-electron chi connectivity index (χ4n) is 2.39. The summed E-state index contributed by atoms with van der Waals surface area (Å²) in [5.41, 5.74) is 2.04. The van der Waals surface area contributed by atoms with Crippen LogP contribution in [0.3, 0.4) is 0 Å². The molecule has 1 fully saturated rings. The van der Waals surface area contributed by atoms with E-state index < -0.39 is 0 Å². The van der Waals surface area contributed by atoms with Crippen molar-refractivity contribution >= 4 is 22.5 Å². The zero-order valence-corrected chi connectivity index (χ0v) is 9.98. The van der Waals surface area contributed by atoms with E-state index in [0.717, 1.165) is 27.9 Å². The Hall–Kier alpha value is -1.16. The van der Waals surface area contributed by atoms with Crippen LogP contribution >= 0.6 is 11.6 Å². The van der Waals surface area contributed by atoms with Crippen LogP contribution in [-0.4, -0.2) is 22.7 Å². The number of hydrogen-bond donors (Lipinski definition) is 2. The molecule has 3 nitrogen and oxygen atoms in total. The van der Waals surface area contributed by atoms with Crippen molar-refractivity contribution in [3.8, 4) is 0 Å². The van der Waals surface area contributed by atoms with Gasteiger partial charge in [-0.1, -0.05) is 17.7 Å². The molecule has 1 aliphatic heterocycles. The molecule has 2 heterocycles. The molecule has 2 aromatic rings. The predicted octanol–water partition coefficient (Wildman–Crippen LogP) is 2.28. The van der Waals surface area contributed by atoms with E-state index >= 15 is 0 Å². The van der Waals surface area contributed by atoms with Crippen LogP contribution in [0.4, 0.5) is 0 Å². The molecule has 3 rings (SSSR count). The fourth-order valence-corrected chi connectivity index (χ4v) is 2.61. The maximum atomic E-state index is 9.58. The summed E-state index contributed by atoms with van der Waals surface area (Å²) in [6.07, 6.45) is 2.23. The highest BCUT2D eigenvalue weighted by Gasteiger charge is 2.25. The lowest BCUT2D eigenvalue weighted by molar-refractivity contribution is 0.193. The van der Waals surface area contributed by atoms with Crippen molar-refractivity contribution in [3.05, 3.63) is 41.0 Å². The molecule has 0 spiro atoms. The van der Waals surface area contributed by atoms with Crippen molar-refractivity contribution in [2.45, 2.75) is 18.6 Å². The van der Waals surface area contributed by atoms with Crippen molar-refractivity contribution in [3.63, 3.8) is 0 Å². The molecule has 0 aliphatic carbocycles. The number of hydrogen-bond acceptors (Lipinski definition) is 3. The van der Waals surface area contributed by atoms with E-state index in [1.807, 2.05) is 24.3 Å². The largest absolute Gasteiger partial charge is 0.392 e. The second-order valence-corrected chi connectivity index (χ2v) is 4.79. The van der Waals surface area contributed by atoms with Crippen LogP contribution in [0.25, 0.3) is 10.9 Å². The van der Waals surface area contributed by atoms with Crippen LogP contribution in [0.5, 0.6) is 0 Å². The average Bonchev–Trinajstić information content (AvgIpc) is 2.77. The molecule has 4 heteroatoms. The highest BCUT2D eigenvalue weighted by molar-refractivity contribution is 6.35. The molecule has 1 aromatic heterocycles. The van der Waals surface area contributed by atoms with E-state index in [1.54, 1.807) is 6.20 Å². The SMILES string of the molecule is OC1CNC(c2ccc(Cl)c3cccnc23)C1. The van der Waals surface area contributed by atoms with E-state index in [-0.39, 0.29) is 12.1 Å². The predicted molar refractivity (Wildman–Crippen MR) is 68.1 cm³/mol. The first-order valence-corrected chi connectivity index (χ1v) is 6.08. The number of aliphatic hydroxyl groups is 1. The average molecular weight is 249 g/mol. The van der Waals surface area contributed by atoms with Gasteiger partial charge in [-0.05, 0) is 30.2 Å². The number of benzene rings is 1. The van der Waals surface area contributed by atoms with Gasteiger partial charge in [0.1, 0.15) is 0 Å². The highest BCUT2D eigenvalue weighted by Crippen LogP contribution is 2.32. The molecule has 2 unspecified atom stereocenters. The molecule has 0 amide bonds. The molecular weight excluding hydrogens is 236 g/mol. The van der Waals surface area contributed by atoms with Crippen molar-refractivity contribution in [2.24, 2.45) is 0 Å². The summed E-state index contributed by atoms with van der Waals surface area (Å²) in [7, 11) is 0. The minimum atomic E-state index is -0.269. The summed E-state index contributed by atoms with van der Waals surface area (Å²) in [6.45, 7) is 0.640. The molecule has 1 saturated heterocycles. The summed E-state index contributed by atoms with van der Waals surface area (Å²) in [5.74, 6) is 0. The summed E-state index contributed by atoms with van der Waals surface area (Å²) < 4.78 is 0. The lowest BCUT2D eigenvalue weighted by Crippen LogP contribution is -2.15. The first kappa shape index (κ1) is 11.0. The Kier molecular flexibility index (Phi) is 2.74. The van der Waals surface area contributed by atoms with Gasteiger partial charge in [0.05, 0.1) is 11.6 Å². The molecule has 1 aromatic carbocycles. The Bertz CT molecular complexity index is 558. The molecular formula is C13H13ClN2O. The van der Waals surface area contributed by atoms with Crippen molar-refractivity contribution in [1.82, 2.24) is 10.3 Å². The van der Waals surface area contributed by atoms with Crippen molar-refractivity contribution in [2.75, 3.05) is 6.54 Å². The van der Waals surface area contributed by atoms with E-state index in [0.29, 0.717) is 6.54 Å². The van der Waals surface area contributed by atoms with Crippen LogP contribution in [0.2, 0.25) is 5.02 Å². The number of rotatable bonds is 1. The van der Waals surface area contributed by atoms with Crippen LogP contribution in [0.1, 0.15) is 18.0 Å². The van der Waals surface area contributed by atoms with Crippen molar-refractivity contribution in [1.29, 1.82) is 0 Å². The molecule has 2 atom stereocenters. The van der Waals surface area contributed by atoms with Crippen LogP contribution < -0.4 is 5.32 Å². The number of fused-ring (bicyclic) bond motifs is 1. The van der Waals surface area contributed by atoms with E-state index in [1.165, 1.54) is 0 Å². The Labute approximate surface area is 104 Å². The molecule has 1 aliphatic rings. The molecule has 0 saturated carbocycles. The number of nitrogens with one attached hydrogen (secondary N) is 1. The van der Waals surface area contributed by atoms with E-state index in [2.05, 4.69) is 10.3 Å². The Morgan fingerprint density at radius 2 is 2.24 bits per heavy atom. The first-order chi connectivity index (χ1) is 8.25. The topological polar surface area (TPSA) is 45.1 Å². The summed E-state index contributed by atoms with van der Waals surface area (Å²) in [4.78, 5) is 4.41. The normalized spacial score (nSPS) is 24.4. The zero-order valence-electron chi connectivity index (χ0n) is 9.23. The standard InChI is InChI=1S/C13H13ClN2O/c14-11-4-3-10(12-6-8(17)7-16-12)13-9(11)2-1-5-15-13/h1-5,8,12,16-17H,6-7H2. The van der Waals surface area contributed by atoms with Gasteiger partial charge >= 0.3 is 0 Å². The van der Waals surface area contributed by atoms with Gasteiger partial charge in [-0.3, -0.25) is 4.98 Å². The van der Waals surface area contributed by atoms with Gasteiger partial charge < -0.3 is 10.4 Å². The maximum Gasteiger partial charge on any atom is 0.0764 e. The first-order valence-electron chi connectivity index (χ1n) is 5.70. The number of aromatic nitrogens is 1. The lowest BCUT2D eigenvalue weighted by Gasteiger charge is -2.13. The Morgan fingerprint density at radius 1 is 1.35 bits per heavy atom. The number of pyridine rings is 1. The minimum Gasteiger partial charge on any atom is -0.392 e. The molecule has 0 bridgehead atoms. The van der Waals surface area contributed by atoms with E-state index in [4.69, 9.17) is 11.6 Å². The number of nitrogens with zero attached hydrogens (tertiary/aromatic N) is 1. The third-order valence-corrected chi connectivity index (χ3v) is 3.56. The maximum absolute atomic E-state index is 9.58. The van der Waals surface area contributed by atoms with Gasteiger partial charge in [0, 0.05) is 29.2 Å². The van der Waals surface area contributed by atoms with E-state index in [9.17, 15) is 5.11 Å². The Balaban J connectivity index is 2.14. The molecule has 17 heavy (non-hydrogen) atoms. The van der Waals surface area contributed by atoms with Crippen LogP contribution in [0.15, 0.2) is 30.5 Å². The second kappa shape index (κ2) is 4.26. The van der Waals surface area contributed by atoms with Gasteiger partial charge in [-0.15, -0.1) is 0 Å². The van der Waals surface area contributed by atoms with Gasteiger partial charge in [0.2, 0.25) is 0 Å². The van der Waals surface area contributed by atoms with Crippen molar-refractivity contribution < 1.29 is 5.11 Å². The second-order valence-electron chi connectivity index (χ2n) is 4.39. The molecule has 0 radical (unpaired) electrons. The number of aliphatic hydroxyl groups excluding tert-OH is 1. The zero-order chi connectivity index (χ0) is 11.8. The third-order valence-electron chi connectivity index (χ3n) is 3.23. The van der Waals surface area contributed by atoms with Crippen LogP contribution in [0, 0.1) is 0 Å². The van der Waals surface area contributed by atoms with Gasteiger partial charge in [0.25, 0.3) is 0 Å². The van der Waals surface area contributed by atoms with Gasteiger partial charge in [0.15, 0.2) is 0 Å². The third kappa shape index (κ3) is 1.90. The highest BCUT2D eigenvalue weighted by atomic mass is 35.5. The summed E-state index contributed by atoms with van der Waals surface area (Å²) in [6, 6.07) is 7.91. The van der Waals surface area contributed by atoms with Crippen LogP contribution in [-0.2, 0) is 0 Å². The summed E-state index contributed by atoms with van der Waals surface area (Å²) >= 11 is 6.15.